The lowest BCUT2D eigenvalue weighted by Gasteiger charge is -2.34. The minimum atomic E-state index is 0.445. The molecule has 0 atom stereocenters. The van der Waals surface area contributed by atoms with Crippen molar-refractivity contribution in [2.24, 2.45) is 0 Å². The van der Waals surface area contributed by atoms with E-state index in [0.29, 0.717) is 16.8 Å². The molecule has 0 unspecified atom stereocenters. The first-order valence-electron chi connectivity index (χ1n) is 10.5. The van der Waals surface area contributed by atoms with Crippen LogP contribution in [-0.4, -0.2) is 54.3 Å². The van der Waals surface area contributed by atoms with Crippen LogP contribution < -0.4 is 10.1 Å². The Morgan fingerprint density at radius 1 is 1.38 bits per heavy atom. The van der Waals surface area contributed by atoms with Crippen molar-refractivity contribution in [3.63, 3.8) is 0 Å². The molecule has 5 nitrogen and oxygen atoms in total. The highest BCUT2D eigenvalue weighted by molar-refractivity contribution is 6.32. The maximum Gasteiger partial charge on any atom is 0.139 e. The molecule has 2 aromatic rings. The van der Waals surface area contributed by atoms with Crippen molar-refractivity contribution in [1.29, 1.82) is 0 Å². The molecule has 3 rings (SSSR count). The number of halogens is 1. The zero-order valence-electron chi connectivity index (χ0n) is 17.9. The third-order valence-electron chi connectivity index (χ3n) is 5.61. The van der Waals surface area contributed by atoms with E-state index in [2.05, 4.69) is 41.3 Å². The number of allylic oxidation sites excluding steroid dienone is 2. The Kier molecular flexibility index (Phi) is 7.76. The van der Waals surface area contributed by atoms with Gasteiger partial charge in [0.1, 0.15) is 11.6 Å². The number of hydrogen-bond acceptors (Lipinski definition) is 4. The standard InChI is InChI=1S/C23H33ClN4O/c1-5-7-17(3)16-27-12-9-18(10-13-27)28-21-14-19(24)22(29-4)15-20(21)26-23(28)8-11-25-6-2/h5,7,14-15,18,25H,1,6,8-13,16H2,2-4H3/b17-7+. The van der Waals surface area contributed by atoms with Crippen LogP contribution in [0.15, 0.2) is 36.4 Å². The highest BCUT2D eigenvalue weighted by Gasteiger charge is 2.25. The lowest BCUT2D eigenvalue weighted by Crippen LogP contribution is -2.36. The predicted molar refractivity (Wildman–Crippen MR) is 122 cm³/mol. The fourth-order valence-corrected chi connectivity index (χ4v) is 4.44. The highest BCUT2D eigenvalue weighted by Crippen LogP contribution is 2.34. The number of ether oxygens (including phenoxy) is 1. The number of nitrogens with one attached hydrogen (secondary N) is 1. The van der Waals surface area contributed by atoms with E-state index in [4.69, 9.17) is 21.3 Å². The van der Waals surface area contributed by atoms with E-state index in [1.54, 1.807) is 7.11 Å². The normalized spacial score (nSPS) is 16.5. The number of piperidine rings is 1. The van der Waals surface area contributed by atoms with E-state index in [1.807, 2.05) is 18.2 Å². The molecular formula is C23H33ClN4O. The number of benzene rings is 1. The number of imidazole rings is 1. The van der Waals surface area contributed by atoms with Crippen molar-refractivity contribution in [2.75, 3.05) is 39.8 Å². The van der Waals surface area contributed by atoms with Gasteiger partial charge in [0.15, 0.2) is 0 Å². The van der Waals surface area contributed by atoms with Crippen molar-refractivity contribution in [3.8, 4) is 5.75 Å². The zero-order chi connectivity index (χ0) is 20.8. The van der Waals surface area contributed by atoms with Crippen LogP contribution in [0.1, 0.15) is 38.6 Å². The second kappa shape index (κ2) is 10.3. The van der Waals surface area contributed by atoms with Crippen LogP contribution in [0.5, 0.6) is 5.75 Å². The fourth-order valence-electron chi connectivity index (χ4n) is 4.21. The molecule has 0 aliphatic carbocycles. The summed E-state index contributed by atoms with van der Waals surface area (Å²) in [5.41, 5.74) is 3.44. The summed E-state index contributed by atoms with van der Waals surface area (Å²) in [6.45, 7) is 13.2. The summed E-state index contributed by atoms with van der Waals surface area (Å²) < 4.78 is 7.84. The third-order valence-corrected chi connectivity index (χ3v) is 5.90. The van der Waals surface area contributed by atoms with Crippen LogP contribution in [-0.2, 0) is 6.42 Å². The zero-order valence-corrected chi connectivity index (χ0v) is 18.6. The van der Waals surface area contributed by atoms with E-state index in [0.717, 1.165) is 68.8 Å². The van der Waals surface area contributed by atoms with Crippen molar-refractivity contribution in [2.45, 2.75) is 39.2 Å². The molecule has 1 aromatic heterocycles. The summed E-state index contributed by atoms with van der Waals surface area (Å²) in [7, 11) is 1.65. The number of fused-ring (bicyclic) bond motifs is 1. The first kappa shape index (κ1) is 21.9. The van der Waals surface area contributed by atoms with Gasteiger partial charge < -0.3 is 14.6 Å². The van der Waals surface area contributed by atoms with Crippen molar-refractivity contribution < 1.29 is 4.74 Å². The predicted octanol–water partition coefficient (Wildman–Crippen LogP) is 4.62. The molecule has 29 heavy (non-hydrogen) atoms. The molecule has 0 bridgehead atoms. The Labute approximate surface area is 179 Å². The van der Waals surface area contributed by atoms with E-state index < -0.39 is 0 Å². The topological polar surface area (TPSA) is 42.3 Å². The Morgan fingerprint density at radius 3 is 2.79 bits per heavy atom. The second-order valence-corrected chi connectivity index (χ2v) is 8.14. The molecule has 158 valence electrons. The molecule has 1 aromatic carbocycles. The molecule has 1 fully saturated rings. The fraction of sp³-hybridized carbons (Fsp3) is 0.522. The number of likely N-dealkylation sites (N-methyl/N-ethyl adjacent to an activating group) is 1. The summed E-state index contributed by atoms with van der Waals surface area (Å²) in [5, 5.41) is 4.06. The number of rotatable bonds is 9. The quantitative estimate of drug-likeness (QED) is 0.478. The molecule has 1 saturated heterocycles. The van der Waals surface area contributed by atoms with Gasteiger partial charge in [-0.15, -0.1) is 0 Å². The molecule has 6 heteroatoms. The summed E-state index contributed by atoms with van der Waals surface area (Å²) >= 11 is 6.46. The van der Waals surface area contributed by atoms with Crippen molar-refractivity contribution in [3.05, 3.63) is 47.3 Å². The van der Waals surface area contributed by atoms with Crippen molar-refractivity contribution in [1.82, 2.24) is 19.8 Å². The summed E-state index contributed by atoms with van der Waals surface area (Å²) in [5.74, 6) is 1.81. The van der Waals surface area contributed by atoms with E-state index in [-0.39, 0.29) is 0 Å². The Bertz CT molecular complexity index is 865. The summed E-state index contributed by atoms with van der Waals surface area (Å²) in [4.78, 5) is 7.48. The number of methoxy groups -OCH3 is 1. The average molecular weight is 417 g/mol. The van der Waals surface area contributed by atoms with E-state index in [9.17, 15) is 0 Å². The largest absolute Gasteiger partial charge is 0.495 e. The summed E-state index contributed by atoms with van der Waals surface area (Å²) in [6.07, 6.45) is 7.11. The molecule has 1 aliphatic heterocycles. The van der Waals surface area contributed by atoms with Crippen LogP contribution in [0.25, 0.3) is 11.0 Å². The van der Waals surface area contributed by atoms with Gasteiger partial charge in [0, 0.05) is 44.7 Å². The molecule has 0 radical (unpaired) electrons. The van der Waals surface area contributed by atoms with Crippen LogP contribution in [0.4, 0.5) is 0 Å². The molecule has 0 spiro atoms. The molecule has 1 N–H and O–H groups in total. The van der Waals surface area contributed by atoms with Crippen LogP contribution in [0.3, 0.4) is 0 Å². The lowest BCUT2D eigenvalue weighted by molar-refractivity contribution is 0.199. The average Bonchev–Trinajstić information content (AvgIpc) is 3.05. The van der Waals surface area contributed by atoms with Gasteiger partial charge in [0.05, 0.1) is 23.2 Å². The number of aromatic nitrogens is 2. The summed E-state index contributed by atoms with van der Waals surface area (Å²) in [6, 6.07) is 4.42. The number of hydrogen-bond donors (Lipinski definition) is 1. The minimum absolute atomic E-state index is 0.445. The van der Waals surface area contributed by atoms with Crippen LogP contribution in [0.2, 0.25) is 5.02 Å². The van der Waals surface area contributed by atoms with Crippen LogP contribution in [0, 0.1) is 0 Å². The Morgan fingerprint density at radius 2 is 2.14 bits per heavy atom. The molecular weight excluding hydrogens is 384 g/mol. The van der Waals surface area contributed by atoms with E-state index >= 15 is 0 Å². The Balaban J connectivity index is 1.84. The molecule has 1 aliphatic rings. The van der Waals surface area contributed by atoms with Gasteiger partial charge in [-0.05, 0) is 32.4 Å². The highest BCUT2D eigenvalue weighted by atomic mass is 35.5. The maximum absolute atomic E-state index is 6.46. The second-order valence-electron chi connectivity index (χ2n) is 7.73. The van der Waals surface area contributed by atoms with Gasteiger partial charge in [-0.2, -0.15) is 0 Å². The number of likely N-dealkylation sites (tertiary alicyclic amines) is 1. The molecule has 2 heterocycles. The van der Waals surface area contributed by atoms with Crippen LogP contribution >= 0.6 is 11.6 Å². The smallest absolute Gasteiger partial charge is 0.139 e. The minimum Gasteiger partial charge on any atom is -0.495 e. The van der Waals surface area contributed by atoms with Gasteiger partial charge in [0.2, 0.25) is 0 Å². The molecule has 0 saturated carbocycles. The van der Waals surface area contributed by atoms with Crippen molar-refractivity contribution >= 4 is 22.6 Å². The molecule has 0 amide bonds. The van der Waals surface area contributed by atoms with Gasteiger partial charge >= 0.3 is 0 Å². The first-order chi connectivity index (χ1) is 14.1. The lowest BCUT2D eigenvalue weighted by atomic mass is 10.0. The third kappa shape index (κ3) is 5.21. The SMILES string of the molecule is C=C/C=C(\C)CN1CCC(n2c(CCNCC)nc3cc(OC)c(Cl)cc32)CC1. The van der Waals surface area contributed by atoms with E-state index in [1.165, 1.54) is 5.57 Å². The number of nitrogens with zero attached hydrogens (tertiary/aromatic N) is 3. The monoisotopic (exact) mass is 416 g/mol. The van der Waals surface area contributed by atoms with Gasteiger partial charge in [-0.3, -0.25) is 4.90 Å². The van der Waals surface area contributed by atoms with Gasteiger partial charge in [-0.1, -0.05) is 42.8 Å². The Hall–Kier alpha value is -1.82. The van der Waals surface area contributed by atoms with Gasteiger partial charge in [-0.25, -0.2) is 4.98 Å². The van der Waals surface area contributed by atoms with Gasteiger partial charge in [0.25, 0.3) is 0 Å². The maximum atomic E-state index is 6.46. The first-order valence-corrected chi connectivity index (χ1v) is 10.9.